The van der Waals surface area contributed by atoms with Crippen molar-refractivity contribution in [2.45, 2.75) is 25.3 Å². The molecule has 90 valence electrons. The summed E-state index contributed by atoms with van der Waals surface area (Å²) in [5.74, 6) is 0.715. The predicted octanol–water partition coefficient (Wildman–Crippen LogP) is 0.793. The Balaban J connectivity index is 1.72. The van der Waals surface area contributed by atoms with E-state index >= 15 is 0 Å². The zero-order valence-corrected chi connectivity index (χ0v) is 9.61. The average molecular weight is 217 g/mol. The van der Waals surface area contributed by atoms with Crippen LogP contribution in [0.3, 0.4) is 0 Å². The van der Waals surface area contributed by atoms with E-state index in [1.54, 1.807) is 7.11 Å². The lowest BCUT2D eigenvalue weighted by Crippen LogP contribution is -2.29. The van der Waals surface area contributed by atoms with Gasteiger partial charge in [-0.1, -0.05) is 0 Å². The van der Waals surface area contributed by atoms with Crippen LogP contribution in [-0.2, 0) is 14.2 Å². The van der Waals surface area contributed by atoms with Crippen LogP contribution in [0.4, 0.5) is 0 Å². The zero-order chi connectivity index (χ0) is 10.9. The number of hydrogen-bond acceptors (Lipinski definition) is 4. The zero-order valence-electron chi connectivity index (χ0n) is 9.61. The van der Waals surface area contributed by atoms with Gasteiger partial charge in [-0.2, -0.15) is 0 Å². The highest BCUT2D eigenvalue weighted by atomic mass is 16.5. The van der Waals surface area contributed by atoms with Crippen molar-refractivity contribution in [3.8, 4) is 0 Å². The van der Waals surface area contributed by atoms with Crippen molar-refractivity contribution in [3.05, 3.63) is 0 Å². The molecule has 15 heavy (non-hydrogen) atoms. The summed E-state index contributed by atoms with van der Waals surface area (Å²) < 4.78 is 15.7. The van der Waals surface area contributed by atoms with Crippen molar-refractivity contribution in [1.29, 1.82) is 0 Å². The monoisotopic (exact) mass is 217 g/mol. The Morgan fingerprint density at radius 1 is 1.13 bits per heavy atom. The van der Waals surface area contributed by atoms with E-state index in [9.17, 15) is 0 Å². The highest BCUT2D eigenvalue weighted by Gasteiger charge is 2.28. The minimum absolute atomic E-state index is 0.235. The van der Waals surface area contributed by atoms with Gasteiger partial charge in [-0.3, -0.25) is 0 Å². The van der Waals surface area contributed by atoms with E-state index in [1.165, 1.54) is 12.8 Å². The molecule has 1 atom stereocenters. The van der Waals surface area contributed by atoms with Crippen LogP contribution in [0.5, 0.6) is 0 Å². The fourth-order valence-electron chi connectivity index (χ4n) is 1.41. The number of hydrogen-bond donors (Lipinski definition) is 1. The molecule has 1 aliphatic carbocycles. The molecule has 0 spiro atoms. The first-order chi connectivity index (χ1) is 7.34. The van der Waals surface area contributed by atoms with Crippen molar-refractivity contribution in [3.63, 3.8) is 0 Å². The molecule has 4 heteroatoms. The molecule has 1 aliphatic rings. The topological polar surface area (TPSA) is 53.7 Å². The van der Waals surface area contributed by atoms with Gasteiger partial charge in [0.1, 0.15) is 0 Å². The number of methoxy groups -OCH3 is 1. The summed E-state index contributed by atoms with van der Waals surface area (Å²) in [7, 11) is 1.70. The molecular formula is C11H23NO3. The molecule has 0 aromatic heterocycles. The van der Waals surface area contributed by atoms with Gasteiger partial charge < -0.3 is 19.9 Å². The first kappa shape index (κ1) is 12.9. The third-order valence-corrected chi connectivity index (χ3v) is 2.55. The lowest BCUT2D eigenvalue weighted by atomic mass is 10.2. The van der Waals surface area contributed by atoms with Crippen LogP contribution in [0, 0.1) is 5.92 Å². The van der Waals surface area contributed by atoms with Crippen LogP contribution in [0.1, 0.15) is 19.3 Å². The van der Waals surface area contributed by atoms with Crippen LogP contribution < -0.4 is 5.73 Å². The Bertz CT molecular complexity index is 151. The largest absolute Gasteiger partial charge is 0.385 e. The molecule has 0 radical (unpaired) electrons. The maximum absolute atomic E-state index is 5.88. The van der Waals surface area contributed by atoms with Crippen LogP contribution in [0.15, 0.2) is 0 Å². The van der Waals surface area contributed by atoms with E-state index in [0.717, 1.165) is 19.6 Å². The highest BCUT2D eigenvalue weighted by Crippen LogP contribution is 2.31. The molecule has 0 saturated heterocycles. The van der Waals surface area contributed by atoms with Crippen molar-refractivity contribution in [2.75, 3.05) is 40.1 Å². The highest BCUT2D eigenvalue weighted by molar-refractivity contribution is 4.83. The molecule has 0 heterocycles. The molecule has 0 aliphatic heterocycles. The van der Waals surface area contributed by atoms with E-state index in [4.69, 9.17) is 19.9 Å². The van der Waals surface area contributed by atoms with Crippen LogP contribution in [0.2, 0.25) is 0 Å². The van der Waals surface area contributed by atoms with Crippen LogP contribution >= 0.6 is 0 Å². The van der Waals surface area contributed by atoms with E-state index in [-0.39, 0.29) is 6.04 Å². The molecule has 0 amide bonds. The summed E-state index contributed by atoms with van der Waals surface area (Å²) in [6.07, 6.45) is 3.49. The normalized spacial score (nSPS) is 18.0. The smallest absolute Gasteiger partial charge is 0.0701 e. The minimum atomic E-state index is 0.235. The molecule has 0 bridgehead atoms. The molecule has 0 aromatic carbocycles. The first-order valence-electron chi connectivity index (χ1n) is 5.74. The molecule has 0 aromatic rings. The second kappa shape index (κ2) is 8.05. The summed E-state index contributed by atoms with van der Waals surface area (Å²) >= 11 is 0. The Hall–Kier alpha value is -0.160. The summed E-state index contributed by atoms with van der Waals surface area (Å²) in [6, 6.07) is 0.235. The molecule has 4 nitrogen and oxygen atoms in total. The van der Waals surface area contributed by atoms with Crippen molar-refractivity contribution >= 4 is 0 Å². The Kier molecular flexibility index (Phi) is 6.92. The van der Waals surface area contributed by atoms with Crippen LogP contribution in [-0.4, -0.2) is 46.2 Å². The molecular weight excluding hydrogens is 194 g/mol. The minimum Gasteiger partial charge on any atom is -0.385 e. The van der Waals surface area contributed by atoms with E-state index in [1.807, 2.05) is 0 Å². The van der Waals surface area contributed by atoms with Gasteiger partial charge in [-0.05, 0) is 25.2 Å². The SMILES string of the molecule is COCCCOCCOCC(N)C1CC1. The van der Waals surface area contributed by atoms with Gasteiger partial charge in [0.15, 0.2) is 0 Å². The second-order valence-corrected chi connectivity index (χ2v) is 4.03. The first-order valence-corrected chi connectivity index (χ1v) is 5.74. The van der Waals surface area contributed by atoms with Crippen molar-refractivity contribution in [2.24, 2.45) is 11.7 Å². The molecule has 1 saturated carbocycles. The second-order valence-electron chi connectivity index (χ2n) is 4.03. The molecule has 2 N–H and O–H groups in total. The van der Waals surface area contributed by atoms with E-state index in [2.05, 4.69) is 0 Å². The average Bonchev–Trinajstić information content (AvgIpc) is 3.05. The third-order valence-electron chi connectivity index (χ3n) is 2.55. The standard InChI is InChI=1S/C11H23NO3/c1-13-5-2-6-14-7-8-15-9-11(12)10-3-4-10/h10-11H,2-9,12H2,1H3. The van der Waals surface area contributed by atoms with Gasteiger partial charge in [0.05, 0.1) is 19.8 Å². The Morgan fingerprint density at radius 3 is 2.53 bits per heavy atom. The number of rotatable bonds is 10. The number of nitrogens with two attached hydrogens (primary N) is 1. The third kappa shape index (κ3) is 6.84. The lowest BCUT2D eigenvalue weighted by molar-refractivity contribution is 0.0341. The fraction of sp³-hybridized carbons (Fsp3) is 1.00. The Morgan fingerprint density at radius 2 is 1.87 bits per heavy atom. The molecule has 1 rings (SSSR count). The summed E-state index contributed by atoms with van der Waals surface area (Å²) in [5.41, 5.74) is 5.88. The summed E-state index contributed by atoms with van der Waals surface area (Å²) in [4.78, 5) is 0. The summed E-state index contributed by atoms with van der Waals surface area (Å²) in [6.45, 7) is 3.47. The predicted molar refractivity (Wildman–Crippen MR) is 58.8 cm³/mol. The number of ether oxygens (including phenoxy) is 3. The van der Waals surface area contributed by atoms with Gasteiger partial charge >= 0.3 is 0 Å². The quantitative estimate of drug-likeness (QED) is 0.550. The molecule has 1 unspecified atom stereocenters. The van der Waals surface area contributed by atoms with Gasteiger partial charge in [-0.15, -0.1) is 0 Å². The van der Waals surface area contributed by atoms with Gasteiger partial charge in [0.2, 0.25) is 0 Å². The Labute approximate surface area is 92.1 Å². The van der Waals surface area contributed by atoms with Gasteiger partial charge in [0.25, 0.3) is 0 Å². The van der Waals surface area contributed by atoms with Crippen molar-refractivity contribution in [1.82, 2.24) is 0 Å². The van der Waals surface area contributed by atoms with Gasteiger partial charge in [0, 0.05) is 26.4 Å². The maximum atomic E-state index is 5.88. The van der Waals surface area contributed by atoms with E-state index in [0.29, 0.717) is 25.7 Å². The van der Waals surface area contributed by atoms with E-state index < -0.39 is 0 Å². The summed E-state index contributed by atoms with van der Waals surface area (Å²) in [5, 5.41) is 0. The van der Waals surface area contributed by atoms with Crippen LogP contribution in [0.25, 0.3) is 0 Å². The lowest BCUT2D eigenvalue weighted by Gasteiger charge is -2.10. The fourth-order valence-corrected chi connectivity index (χ4v) is 1.41. The maximum Gasteiger partial charge on any atom is 0.0701 e. The van der Waals surface area contributed by atoms with Gasteiger partial charge in [-0.25, -0.2) is 0 Å². The molecule has 1 fully saturated rings. The van der Waals surface area contributed by atoms with Crippen molar-refractivity contribution < 1.29 is 14.2 Å².